The van der Waals surface area contributed by atoms with Crippen molar-refractivity contribution in [2.45, 2.75) is 39.2 Å². The maximum atomic E-state index is 11.0. The van der Waals surface area contributed by atoms with Crippen LogP contribution in [0.1, 0.15) is 43.5 Å². The predicted octanol–water partition coefficient (Wildman–Crippen LogP) is 3.67. The summed E-state index contributed by atoms with van der Waals surface area (Å²) in [5, 5.41) is 12.6. The highest BCUT2D eigenvalue weighted by Crippen LogP contribution is 2.35. The number of hydrogen-bond donors (Lipinski definition) is 2. The molecule has 1 aliphatic carbocycles. The number of pyridine rings is 1. The van der Waals surface area contributed by atoms with Crippen LogP contribution < -0.4 is 5.32 Å². The molecular formula is C14H19ClN2O2. The monoisotopic (exact) mass is 282 g/mol. The molecule has 2 rings (SSSR count). The summed E-state index contributed by atoms with van der Waals surface area (Å²) < 4.78 is 0. The first-order valence-corrected chi connectivity index (χ1v) is 7.06. The van der Waals surface area contributed by atoms with Crippen molar-refractivity contribution in [3.8, 4) is 0 Å². The fourth-order valence-corrected chi connectivity index (χ4v) is 3.08. The van der Waals surface area contributed by atoms with Crippen molar-refractivity contribution >= 4 is 23.4 Å². The number of carbonyl (C=O) groups is 1. The Morgan fingerprint density at radius 3 is 2.89 bits per heavy atom. The molecule has 1 aromatic rings. The summed E-state index contributed by atoms with van der Waals surface area (Å²) in [6, 6.07) is 1.87. The number of rotatable bonds is 4. The van der Waals surface area contributed by atoms with Crippen LogP contribution >= 0.6 is 11.6 Å². The Labute approximate surface area is 118 Å². The standard InChI is InChI=1S/C14H19ClN2O2/c1-3-9-4-5-12(8(9)2)17-13-6-10(14(18)19)11(15)7-16-13/h6-9,12H,3-5H2,1-2H3,(H,16,17)(H,18,19). The number of anilines is 1. The van der Waals surface area contributed by atoms with Crippen LogP contribution in [0.15, 0.2) is 12.3 Å². The van der Waals surface area contributed by atoms with Gasteiger partial charge in [-0.2, -0.15) is 0 Å². The minimum atomic E-state index is -1.03. The molecular weight excluding hydrogens is 264 g/mol. The van der Waals surface area contributed by atoms with Gasteiger partial charge in [0.2, 0.25) is 0 Å². The summed E-state index contributed by atoms with van der Waals surface area (Å²) in [6.07, 6.45) is 4.90. The summed E-state index contributed by atoms with van der Waals surface area (Å²) in [7, 11) is 0. The van der Waals surface area contributed by atoms with Crippen molar-refractivity contribution in [3.63, 3.8) is 0 Å². The lowest BCUT2D eigenvalue weighted by Crippen LogP contribution is -2.25. The minimum absolute atomic E-state index is 0.0943. The molecule has 3 atom stereocenters. The number of carboxylic acids is 1. The van der Waals surface area contributed by atoms with Crippen LogP contribution in [-0.2, 0) is 0 Å². The van der Waals surface area contributed by atoms with E-state index in [4.69, 9.17) is 16.7 Å². The second-order valence-electron chi connectivity index (χ2n) is 5.21. The summed E-state index contributed by atoms with van der Waals surface area (Å²) >= 11 is 5.81. The average Bonchev–Trinajstić information content (AvgIpc) is 2.72. The zero-order valence-corrected chi connectivity index (χ0v) is 11.9. The Morgan fingerprint density at radius 2 is 2.32 bits per heavy atom. The largest absolute Gasteiger partial charge is 0.478 e. The fraction of sp³-hybridized carbons (Fsp3) is 0.571. The van der Waals surface area contributed by atoms with E-state index >= 15 is 0 Å². The van der Waals surface area contributed by atoms with Gasteiger partial charge < -0.3 is 10.4 Å². The molecule has 0 radical (unpaired) electrons. The predicted molar refractivity (Wildman–Crippen MR) is 75.8 cm³/mol. The molecule has 0 amide bonds. The smallest absolute Gasteiger partial charge is 0.337 e. The molecule has 1 saturated carbocycles. The third kappa shape index (κ3) is 3.00. The van der Waals surface area contributed by atoms with Crippen LogP contribution in [-0.4, -0.2) is 22.1 Å². The molecule has 0 spiro atoms. The van der Waals surface area contributed by atoms with Crippen molar-refractivity contribution in [2.75, 3.05) is 5.32 Å². The van der Waals surface area contributed by atoms with Gasteiger partial charge in [0.25, 0.3) is 0 Å². The fourth-order valence-electron chi connectivity index (χ4n) is 2.90. The normalized spacial score (nSPS) is 26.4. The lowest BCUT2D eigenvalue weighted by atomic mass is 9.93. The summed E-state index contributed by atoms with van der Waals surface area (Å²) in [6.45, 7) is 4.46. The quantitative estimate of drug-likeness (QED) is 0.884. The van der Waals surface area contributed by atoms with Gasteiger partial charge in [-0.25, -0.2) is 9.78 Å². The van der Waals surface area contributed by atoms with Gasteiger partial charge in [0, 0.05) is 12.2 Å². The molecule has 0 bridgehead atoms. The Balaban J connectivity index is 2.12. The third-order valence-electron chi connectivity index (χ3n) is 4.17. The number of hydrogen-bond acceptors (Lipinski definition) is 3. The van der Waals surface area contributed by atoms with Crippen LogP contribution in [0.4, 0.5) is 5.82 Å². The van der Waals surface area contributed by atoms with Gasteiger partial charge in [0.05, 0.1) is 10.6 Å². The zero-order valence-electron chi connectivity index (χ0n) is 11.2. The molecule has 1 fully saturated rings. The highest BCUT2D eigenvalue weighted by molar-refractivity contribution is 6.33. The SMILES string of the molecule is CCC1CCC(Nc2cc(C(=O)O)c(Cl)cn2)C1C. The number of nitrogens with one attached hydrogen (secondary N) is 1. The molecule has 0 aromatic carbocycles. The van der Waals surface area contributed by atoms with Crippen molar-refractivity contribution in [3.05, 3.63) is 22.8 Å². The molecule has 0 aliphatic heterocycles. The van der Waals surface area contributed by atoms with E-state index in [1.807, 2.05) is 0 Å². The minimum Gasteiger partial charge on any atom is -0.478 e. The molecule has 1 aliphatic rings. The highest BCUT2D eigenvalue weighted by atomic mass is 35.5. The third-order valence-corrected chi connectivity index (χ3v) is 4.47. The molecule has 4 nitrogen and oxygen atoms in total. The summed E-state index contributed by atoms with van der Waals surface area (Å²) in [4.78, 5) is 15.2. The van der Waals surface area contributed by atoms with Gasteiger partial charge in [-0.1, -0.05) is 31.9 Å². The van der Waals surface area contributed by atoms with E-state index in [1.165, 1.54) is 25.1 Å². The second kappa shape index (κ2) is 5.78. The van der Waals surface area contributed by atoms with E-state index in [-0.39, 0.29) is 10.6 Å². The van der Waals surface area contributed by atoms with E-state index in [2.05, 4.69) is 24.1 Å². The second-order valence-corrected chi connectivity index (χ2v) is 5.62. The van der Waals surface area contributed by atoms with E-state index in [9.17, 15) is 4.79 Å². The molecule has 1 aromatic heterocycles. The van der Waals surface area contributed by atoms with Crippen LogP contribution in [0.2, 0.25) is 5.02 Å². The van der Waals surface area contributed by atoms with Crippen LogP contribution in [0.5, 0.6) is 0 Å². The molecule has 3 unspecified atom stereocenters. The number of halogens is 1. The lowest BCUT2D eigenvalue weighted by molar-refractivity contribution is 0.0697. The first kappa shape index (κ1) is 14.1. The Bertz CT molecular complexity index is 479. The number of carboxylic acid groups (broad SMARTS) is 1. The van der Waals surface area contributed by atoms with Crippen molar-refractivity contribution in [1.29, 1.82) is 0 Å². The van der Waals surface area contributed by atoms with Crippen LogP contribution in [0.25, 0.3) is 0 Å². The topological polar surface area (TPSA) is 62.2 Å². The van der Waals surface area contributed by atoms with E-state index in [0.717, 1.165) is 12.3 Å². The molecule has 104 valence electrons. The van der Waals surface area contributed by atoms with Crippen molar-refractivity contribution in [1.82, 2.24) is 4.98 Å². The van der Waals surface area contributed by atoms with Gasteiger partial charge in [-0.3, -0.25) is 0 Å². The summed E-state index contributed by atoms with van der Waals surface area (Å²) in [5.74, 6) is 0.885. The number of aromatic carboxylic acids is 1. The Kier molecular flexibility index (Phi) is 4.30. The Hall–Kier alpha value is -1.29. The first-order valence-electron chi connectivity index (χ1n) is 6.68. The van der Waals surface area contributed by atoms with Gasteiger partial charge in [-0.15, -0.1) is 0 Å². The highest BCUT2D eigenvalue weighted by Gasteiger charge is 2.31. The van der Waals surface area contributed by atoms with E-state index < -0.39 is 5.97 Å². The number of nitrogens with zero attached hydrogens (tertiary/aromatic N) is 1. The molecule has 1 heterocycles. The van der Waals surface area contributed by atoms with Crippen molar-refractivity contribution < 1.29 is 9.90 Å². The molecule has 19 heavy (non-hydrogen) atoms. The lowest BCUT2D eigenvalue weighted by Gasteiger charge is -2.21. The summed E-state index contributed by atoms with van der Waals surface area (Å²) in [5.41, 5.74) is 0.0943. The van der Waals surface area contributed by atoms with Gasteiger partial charge in [0.1, 0.15) is 5.82 Å². The molecule has 0 saturated heterocycles. The van der Waals surface area contributed by atoms with Crippen LogP contribution in [0.3, 0.4) is 0 Å². The molecule has 2 N–H and O–H groups in total. The zero-order chi connectivity index (χ0) is 14.0. The number of aromatic nitrogens is 1. The van der Waals surface area contributed by atoms with Crippen LogP contribution in [0, 0.1) is 11.8 Å². The van der Waals surface area contributed by atoms with E-state index in [1.54, 1.807) is 0 Å². The van der Waals surface area contributed by atoms with Crippen molar-refractivity contribution in [2.24, 2.45) is 11.8 Å². The maximum absolute atomic E-state index is 11.0. The Morgan fingerprint density at radius 1 is 1.58 bits per heavy atom. The average molecular weight is 283 g/mol. The van der Waals surface area contributed by atoms with Gasteiger partial charge in [-0.05, 0) is 30.7 Å². The van der Waals surface area contributed by atoms with Gasteiger partial charge >= 0.3 is 5.97 Å². The first-order chi connectivity index (χ1) is 9.02. The van der Waals surface area contributed by atoms with E-state index in [0.29, 0.717) is 17.8 Å². The molecule has 5 heteroatoms. The van der Waals surface area contributed by atoms with Gasteiger partial charge in [0.15, 0.2) is 0 Å². The maximum Gasteiger partial charge on any atom is 0.337 e.